The van der Waals surface area contributed by atoms with E-state index in [1.54, 1.807) is 18.6 Å². The first-order chi connectivity index (χ1) is 14.7. The highest BCUT2D eigenvalue weighted by Crippen LogP contribution is 2.13. The fraction of sp³-hybridized carbons (Fsp3) is 0.333. The van der Waals surface area contributed by atoms with Crippen molar-refractivity contribution in [3.8, 4) is 5.75 Å². The average Bonchev–Trinajstić information content (AvgIpc) is 2.77. The molecule has 1 heterocycles. The Balaban J connectivity index is 1.32. The fourth-order valence-corrected chi connectivity index (χ4v) is 3.18. The summed E-state index contributed by atoms with van der Waals surface area (Å²) in [6.45, 7) is 3.26. The first-order valence-electron chi connectivity index (χ1n) is 10.3. The van der Waals surface area contributed by atoms with Gasteiger partial charge in [0, 0.05) is 51.2 Å². The number of aliphatic hydroxyl groups is 1. The summed E-state index contributed by atoms with van der Waals surface area (Å²) in [6.07, 6.45) is 5.50. The van der Waals surface area contributed by atoms with Gasteiger partial charge in [-0.1, -0.05) is 42.5 Å². The zero-order valence-corrected chi connectivity index (χ0v) is 17.4. The third-order valence-electron chi connectivity index (χ3n) is 4.69. The molecule has 0 aliphatic carbocycles. The first-order valence-corrected chi connectivity index (χ1v) is 10.3. The van der Waals surface area contributed by atoms with E-state index in [1.165, 1.54) is 11.1 Å². The summed E-state index contributed by atoms with van der Waals surface area (Å²) < 4.78 is 5.75. The number of aliphatic hydroxyl groups excluding tert-OH is 1. The smallest absolute Gasteiger partial charge is 0.119 e. The molecule has 3 aromatic rings. The Morgan fingerprint density at radius 2 is 1.83 bits per heavy atom. The van der Waals surface area contributed by atoms with Crippen molar-refractivity contribution in [2.24, 2.45) is 0 Å². The molecule has 3 rings (SSSR count). The minimum atomic E-state index is -0.541. The summed E-state index contributed by atoms with van der Waals surface area (Å²) in [4.78, 5) is 10.4. The van der Waals surface area contributed by atoms with E-state index in [1.807, 2.05) is 49.5 Å². The molecule has 6 heteroatoms. The van der Waals surface area contributed by atoms with Crippen LogP contribution < -0.4 is 10.1 Å². The molecule has 158 valence electrons. The molecular weight excluding hydrogens is 376 g/mol. The summed E-state index contributed by atoms with van der Waals surface area (Å²) in [6, 6.07) is 18.2. The van der Waals surface area contributed by atoms with Gasteiger partial charge in [0.2, 0.25) is 0 Å². The van der Waals surface area contributed by atoms with E-state index >= 15 is 0 Å². The number of nitrogens with zero attached hydrogens (tertiary/aromatic N) is 3. The lowest BCUT2D eigenvalue weighted by molar-refractivity contribution is 0.0744. The zero-order chi connectivity index (χ0) is 21.0. The molecule has 0 radical (unpaired) electrons. The van der Waals surface area contributed by atoms with E-state index < -0.39 is 6.10 Å². The van der Waals surface area contributed by atoms with Crippen molar-refractivity contribution in [1.29, 1.82) is 0 Å². The predicted octanol–water partition coefficient (Wildman–Crippen LogP) is 2.68. The molecule has 0 saturated carbocycles. The lowest BCUT2D eigenvalue weighted by atomic mass is 10.2. The number of likely N-dealkylation sites (N-methyl/N-ethyl adjacent to an activating group) is 1. The highest BCUT2D eigenvalue weighted by molar-refractivity contribution is 5.27. The largest absolute Gasteiger partial charge is 0.491 e. The Morgan fingerprint density at radius 3 is 2.57 bits per heavy atom. The van der Waals surface area contributed by atoms with Crippen molar-refractivity contribution in [3.63, 3.8) is 0 Å². The Labute approximate surface area is 178 Å². The maximum absolute atomic E-state index is 10.3. The molecule has 1 unspecified atom stereocenters. The Hall–Kier alpha value is -2.80. The molecular formula is C24H30N4O2. The van der Waals surface area contributed by atoms with E-state index in [0.29, 0.717) is 6.54 Å². The van der Waals surface area contributed by atoms with Gasteiger partial charge in [-0.05, 0) is 30.3 Å². The van der Waals surface area contributed by atoms with E-state index in [0.717, 1.165) is 37.5 Å². The third kappa shape index (κ3) is 7.91. The molecule has 6 nitrogen and oxygen atoms in total. The van der Waals surface area contributed by atoms with E-state index in [-0.39, 0.29) is 6.61 Å². The number of rotatable bonds is 12. The summed E-state index contributed by atoms with van der Waals surface area (Å²) in [5.41, 5.74) is 3.40. The standard InChI is InChI=1S/C24H30N4O2/c1-28(17-21-5-3-2-4-6-21)18-23(29)19-30-24-9-7-20(8-10-24)15-25-12-11-22-16-26-13-14-27-22/h2-10,13-14,16,23,25,29H,11-12,15,17-19H2,1H3. The van der Waals surface area contributed by atoms with E-state index in [2.05, 4.69) is 32.3 Å². The molecule has 2 aromatic carbocycles. The molecule has 30 heavy (non-hydrogen) atoms. The van der Waals surface area contributed by atoms with Gasteiger partial charge < -0.3 is 15.2 Å². The number of hydrogen-bond acceptors (Lipinski definition) is 6. The summed E-state index contributed by atoms with van der Waals surface area (Å²) in [5.74, 6) is 0.767. The van der Waals surface area contributed by atoms with E-state index in [4.69, 9.17) is 4.74 Å². The molecule has 0 saturated heterocycles. The maximum atomic E-state index is 10.3. The SMILES string of the molecule is CN(Cc1ccccc1)CC(O)COc1ccc(CNCCc2cnccn2)cc1. The zero-order valence-electron chi connectivity index (χ0n) is 17.4. The van der Waals surface area contributed by atoms with Gasteiger partial charge in [0.15, 0.2) is 0 Å². The van der Waals surface area contributed by atoms with Gasteiger partial charge >= 0.3 is 0 Å². The van der Waals surface area contributed by atoms with Crippen LogP contribution >= 0.6 is 0 Å². The fourth-order valence-electron chi connectivity index (χ4n) is 3.18. The van der Waals surface area contributed by atoms with Crippen LogP contribution in [-0.4, -0.2) is 52.8 Å². The summed E-state index contributed by atoms with van der Waals surface area (Å²) >= 11 is 0. The highest BCUT2D eigenvalue weighted by atomic mass is 16.5. The minimum absolute atomic E-state index is 0.273. The Kier molecular flexibility index (Phi) is 8.78. The van der Waals surface area contributed by atoms with Crippen LogP contribution in [0.1, 0.15) is 16.8 Å². The van der Waals surface area contributed by atoms with E-state index in [9.17, 15) is 5.11 Å². The summed E-state index contributed by atoms with van der Waals surface area (Å²) in [7, 11) is 2.00. The van der Waals surface area contributed by atoms with Gasteiger partial charge in [0.1, 0.15) is 18.5 Å². The molecule has 0 aliphatic heterocycles. The number of ether oxygens (including phenoxy) is 1. The Bertz CT molecular complexity index is 844. The van der Waals surface area contributed by atoms with Crippen molar-refractivity contribution < 1.29 is 9.84 Å². The number of benzene rings is 2. The topological polar surface area (TPSA) is 70.5 Å². The Morgan fingerprint density at radius 1 is 1.03 bits per heavy atom. The maximum Gasteiger partial charge on any atom is 0.119 e. The van der Waals surface area contributed by atoms with Crippen LogP contribution in [0.2, 0.25) is 0 Å². The van der Waals surface area contributed by atoms with Crippen LogP contribution in [0.5, 0.6) is 5.75 Å². The van der Waals surface area contributed by atoms with Gasteiger partial charge in [0.05, 0.1) is 5.69 Å². The lowest BCUT2D eigenvalue weighted by Crippen LogP contribution is -2.32. The second-order valence-electron chi connectivity index (χ2n) is 7.41. The second-order valence-corrected chi connectivity index (χ2v) is 7.41. The molecule has 2 N–H and O–H groups in total. The normalized spacial score (nSPS) is 12.1. The van der Waals surface area contributed by atoms with Crippen LogP contribution in [0.25, 0.3) is 0 Å². The lowest BCUT2D eigenvalue weighted by Gasteiger charge is -2.21. The third-order valence-corrected chi connectivity index (χ3v) is 4.69. The molecule has 1 aromatic heterocycles. The van der Waals surface area contributed by atoms with Gasteiger partial charge in [0.25, 0.3) is 0 Å². The predicted molar refractivity (Wildman–Crippen MR) is 118 cm³/mol. The number of nitrogens with one attached hydrogen (secondary N) is 1. The van der Waals surface area contributed by atoms with Gasteiger partial charge in [-0.3, -0.25) is 14.9 Å². The van der Waals surface area contributed by atoms with Crippen molar-refractivity contribution >= 4 is 0 Å². The molecule has 0 amide bonds. The van der Waals surface area contributed by atoms with Crippen LogP contribution in [0.15, 0.2) is 73.2 Å². The first kappa shape index (κ1) is 21.9. The molecule has 0 fully saturated rings. The van der Waals surface area contributed by atoms with Crippen LogP contribution in [0.3, 0.4) is 0 Å². The van der Waals surface area contributed by atoms with Crippen LogP contribution in [0, 0.1) is 0 Å². The van der Waals surface area contributed by atoms with Crippen molar-refractivity contribution in [3.05, 3.63) is 90.0 Å². The average molecular weight is 407 g/mol. The van der Waals surface area contributed by atoms with Gasteiger partial charge in [-0.25, -0.2) is 0 Å². The van der Waals surface area contributed by atoms with Crippen LogP contribution in [-0.2, 0) is 19.5 Å². The summed E-state index contributed by atoms with van der Waals surface area (Å²) in [5, 5.41) is 13.7. The molecule has 0 spiro atoms. The van der Waals surface area contributed by atoms with Gasteiger partial charge in [-0.2, -0.15) is 0 Å². The van der Waals surface area contributed by atoms with Crippen molar-refractivity contribution in [1.82, 2.24) is 20.2 Å². The van der Waals surface area contributed by atoms with Crippen LogP contribution in [0.4, 0.5) is 0 Å². The molecule has 1 atom stereocenters. The molecule has 0 bridgehead atoms. The minimum Gasteiger partial charge on any atom is -0.491 e. The number of hydrogen-bond donors (Lipinski definition) is 2. The van der Waals surface area contributed by atoms with Crippen molar-refractivity contribution in [2.75, 3.05) is 26.7 Å². The monoisotopic (exact) mass is 406 g/mol. The quantitative estimate of drug-likeness (QED) is 0.451. The highest BCUT2D eigenvalue weighted by Gasteiger charge is 2.10. The number of aromatic nitrogens is 2. The second kappa shape index (κ2) is 12.0. The van der Waals surface area contributed by atoms with Crippen molar-refractivity contribution in [2.45, 2.75) is 25.6 Å². The molecule has 0 aliphatic rings. The van der Waals surface area contributed by atoms with Gasteiger partial charge in [-0.15, -0.1) is 0 Å².